The van der Waals surface area contributed by atoms with Crippen LogP contribution in [0.1, 0.15) is 104 Å². The van der Waals surface area contributed by atoms with Gasteiger partial charge < -0.3 is 4.90 Å². The van der Waals surface area contributed by atoms with Gasteiger partial charge >= 0.3 is 0 Å². The number of unbranched alkanes of at least 4 members (excludes halogenated alkanes) is 8. The van der Waals surface area contributed by atoms with E-state index in [-0.39, 0.29) is 0 Å². The van der Waals surface area contributed by atoms with Crippen LogP contribution in [0.4, 0.5) is 0 Å². The highest BCUT2D eigenvalue weighted by atomic mass is 15.2. The lowest BCUT2D eigenvalue weighted by Crippen LogP contribution is -2.32. The van der Waals surface area contributed by atoms with E-state index in [0.29, 0.717) is 0 Å². The summed E-state index contributed by atoms with van der Waals surface area (Å²) in [4.78, 5) is 2.69. The van der Waals surface area contributed by atoms with Gasteiger partial charge in [0.2, 0.25) is 0 Å². The van der Waals surface area contributed by atoms with Crippen LogP contribution >= 0.6 is 0 Å². The molecule has 1 nitrogen and oxygen atoms in total. The highest BCUT2D eigenvalue weighted by Gasteiger charge is 2.28. The molecule has 0 aliphatic carbocycles. The van der Waals surface area contributed by atoms with Crippen molar-refractivity contribution >= 4 is 0 Å². The molecule has 2 unspecified atom stereocenters. The molecule has 1 saturated heterocycles. The quantitative estimate of drug-likeness (QED) is 0.387. The zero-order chi connectivity index (χ0) is 14.6. The van der Waals surface area contributed by atoms with Crippen LogP contribution in [0.2, 0.25) is 0 Å². The molecular formula is C19H39N. The third-order valence-electron chi connectivity index (χ3n) is 5.25. The first-order valence-corrected chi connectivity index (χ1v) is 9.51. The standard InChI is InChI=1S/C19H39N/c1-4-6-7-8-9-10-11-12-13-15-19-17-16-18(14-5-2)20(19)3/h18-19H,4-17H2,1-3H3. The molecule has 1 rings (SSSR count). The summed E-state index contributed by atoms with van der Waals surface area (Å²) < 4.78 is 0. The Morgan fingerprint density at radius 3 is 1.70 bits per heavy atom. The Bertz CT molecular complexity index is 214. The fourth-order valence-corrected chi connectivity index (χ4v) is 3.81. The van der Waals surface area contributed by atoms with E-state index in [4.69, 9.17) is 0 Å². The molecule has 1 heteroatoms. The fraction of sp³-hybridized carbons (Fsp3) is 1.00. The van der Waals surface area contributed by atoms with Crippen molar-refractivity contribution < 1.29 is 0 Å². The van der Waals surface area contributed by atoms with E-state index >= 15 is 0 Å². The monoisotopic (exact) mass is 281 g/mol. The molecule has 0 aromatic heterocycles. The van der Waals surface area contributed by atoms with Crippen molar-refractivity contribution in [1.29, 1.82) is 0 Å². The summed E-state index contributed by atoms with van der Waals surface area (Å²) in [5.41, 5.74) is 0. The van der Waals surface area contributed by atoms with E-state index in [1.54, 1.807) is 0 Å². The lowest BCUT2D eigenvalue weighted by atomic mass is 10.0. The molecule has 1 heterocycles. The van der Waals surface area contributed by atoms with Gasteiger partial charge in [0.25, 0.3) is 0 Å². The maximum absolute atomic E-state index is 2.69. The SMILES string of the molecule is CCCCCCCCCCCC1CCC(CCC)N1C. The van der Waals surface area contributed by atoms with Crippen LogP contribution in [0.15, 0.2) is 0 Å². The average molecular weight is 282 g/mol. The predicted octanol–water partition coefficient (Wildman–Crippen LogP) is 6.17. The van der Waals surface area contributed by atoms with Crippen molar-refractivity contribution in [2.75, 3.05) is 7.05 Å². The van der Waals surface area contributed by atoms with Gasteiger partial charge in [0.05, 0.1) is 0 Å². The highest BCUT2D eigenvalue weighted by Crippen LogP contribution is 2.28. The predicted molar refractivity (Wildman–Crippen MR) is 91.3 cm³/mol. The van der Waals surface area contributed by atoms with Gasteiger partial charge in [0, 0.05) is 12.1 Å². The maximum atomic E-state index is 2.69. The summed E-state index contributed by atoms with van der Waals surface area (Å²) in [5.74, 6) is 0. The van der Waals surface area contributed by atoms with Gasteiger partial charge in [-0.15, -0.1) is 0 Å². The first-order valence-electron chi connectivity index (χ1n) is 9.51. The van der Waals surface area contributed by atoms with Gasteiger partial charge in [0.15, 0.2) is 0 Å². The molecule has 0 N–H and O–H groups in total. The van der Waals surface area contributed by atoms with Crippen LogP contribution in [0.25, 0.3) is 0 Å². The van der Waals surface area contributed by atoms with Gasteiger partial charge in [-0.1, -0.05) is 78.1 Å². The van der Waals surface area contributed by atoms with Crippen LogP contribution in [0.3, 0.4) is 0 Å². The molecular weight excluding hydrogens is 242 g/mol. The molecule has 1 aliphatic rings. The molecule has 120 valence electrons. The second-order valence-corrected chi connectivity index (χ2v) is 6.96. The van der Waals surface area contributed by atoms with E-state index in [9.17, 15) is 0 Å². The Labute approximate surface area is 128 Å². The molecule has 0 aromatic rings. The third-order valence-corrected chi connectivity index (χ3v) is 5.25. The summed E-state index contributed by atoms with van der Waals surface area (Å²) in [7, 11) is 2.37. The van der Waals surface area contributed by atoms with E-state index in [1.807, 2.05) is 0 Å². The Kier molecular flexibility index (Phi) is 10.4. The number of hydrogen-bond acceptors (Lipinski definition) is 1. The molecule has 20 heavy (non-hydrogen) atoms. The van der Waals surface area contributed by atoms with Gasteiger partial charge in [-0.3, -0.25) is 0 Å². The zero-order valence-corrected chi connectivity index (χ0v) is 14.5. The van der Waals surface area contributed by atoms with Crippen LogP contribution < -0.4 is 0 Å². The van der Waals surface area contributed by atoms with Crippen LogP contribution in [0.5, 0.6) is 0 Å². The number of nitrogens with zero attached hydrogens (tertiary/aromatic N) is 1. The molecule has 0 radical (unpaired) electrons. The minimum absolute atomic E-state index is 0.892. The summed E-state index contributed by atoms with van der Waals surface area (Å²) in [6, 6.07) is 1.79. The van der Waals surface area contributed by atoms with Crippen molar-refractivity contribution in [2.45, 2.75) is 116 Å². The van der Waals surface area contributed by atoms with E-state index in [2.05, 4.69) is 25.8 Å². The minimum atomic E-state index is 0.892. The second-order valence-electron chi connectivity index (χ2n) is 6.96. The van der Waals surface area contributed by atoms with Crippen molar-refractivity contribution in [3.05, 3.63) is 0 Å². The average Bonchev–Trinajstić information content (AvgIpc) is 2.79. The van der Waals surface area contributed by atoms with E-state index < -0.39 is 0 Å². The lowest BCUT2D eigenvalue weighted by Gasteiger charge is -2.25. The third kappa shape index (κ3) is 7.11. The molecule has 1 fully saturated rings. The van der Waals surface area contributed by atoms with Gasteiger partial charge in [0.1, 0.15) is 0 Å². The van der Waals surface area contributed by atoms with Crippen LogP contribution in [-0.2, 0) is 0 Å². The Morgan fingerprint density at radius 1 is 0.650 bits per heavy atom. The summed E-state index contributed by atoms with van der Waals surface area (Å²) in [5, 5.41) is 0. The van der Waals surface area contributed by atoms with E-state index in [1.165, 1.54) is 89.9 Å². The Morgan fingerprint density at radius 2 is 1.15 bits per heavy atom. The first-order chi connectivity index (χ1) is 9.79. The smallest absolute Gasteiger partial charge is 0.00957 e. The van der Waals surface area contributed by atoms with Gasteiger partial charge in [-0.05, 0) is 32.7 Å². The van der Waals surface area contributed by atoms with Gasteiger partial charge in [-0.2, -0.15) is 0 Å². The molecule has 0 spiro atoms. The van der Waals surface area contributed by atoms with Crippen molar-refractivity contribution in [1.82, 2.24) is 4.90 Å². The van der Waals surface area contributed by atoms with E-state index in [0.717, 1.165) is 12.1 Å². The summed E-state index contributed by atoms with van der Waals surface area (Å²) >= 11 is 0. The first kappa shape index (κ1) is 18.0. The second kappa shape index (κ2) is 11.6. The molecule has 2 atom stereocenters. The van der Waals surface area contributed by atoms with Crippen molar-refractivity contribution in [2.24, 2.45) is 0 Å². The summed E-state index contributed by atoms with van der Waals surface area (Å²) in [6.45, 7) is 4.62. The fourth-order valence-electron chi connectivity index (χ4n) is 3.81. The molecule has 1 aliphatic heterocycles. The molecule has 0 aromatic carbocycles. The van der Waals surface area contributed by atoms with Gasteiger partial charge in [-0.25, -0.2) is 0 Å². The van der Waals surface area contributed by atoms with Crippen molar-refractivity contribution in [3.63, 3.8) is 0 Å². The maximum Gasteiger partial charge on any atom is 0.00957 e. The molecule has 0 bridgehead atoms. The highest BCUT2D eigenvalue weighted by molar-refractivity contribution is 4.84. The Balaban J connectivity index is 1.91. The minimum Gasteiger partial charge on any atom is -0.300 e. The Hall–Kier alpha value is -0.0400. The topological polar surface area (TPSA) is 3.24 Å². The summed E-state index contributed by atoms with van der Waals surface area (Å²) in [6.07, 6.45) is 20.2. The van der Waals surface area contributed by atoms with Crippen molar-refractivity contribution in [3.8, 4) is 0 Å². The largest absolute Gasteiger partial charge is 0.300 e. The van der Waals surface area contributed by atoms with Crippen LogP contribution in [0, 0.1) is 0 Å². The number of hydrogen-bond donors (Lipinski definition) is 0. The molecule has 0 amide bonds. The molecule has 0 saturated carbocycles. The normalized spacial score (nSPS) is 23.6. The van der Waals surface area contributed by atoms with Crippen LogP contribution in [-0.4, -0.2) is 24.0 Å². The zero-order valence-electron chi connectivity index (χ0n) is 14.5. The number of likely N-dealkylation sites (tertiary alicyclic amines) is 1. The lowest BCUT2D eigenvalue weighted by molar-refractivity contribution is 0.218. The number of rotatable bonds is 12.